The smallest absolute Gasteiger partial charge is 0.255 e. The van der Waals surface area contributed by atoms with Gasteiger partial charge in [0.15, 0.2) is 5.03 Å². The van der Waals surface area contributed by atoms with E-state index in [0.29, 0.717) is 10.9 Å². The summed E-state index contributed by atoms with van der Waals surface area (Å²) in [5, 5.41) is 11.9. The van der Waals surface area contributed by atoms with Gasteiger partial charge in [0.05, 0.1) is 5.52 Å². The van der Waals surface area contributed by atoms with Crippen LogP contribution in [0.1, 0.15) is 12.5 Å². The number of rotatable bonds is 2. The zero-order valence-corrected chi connectivity index (χ0v) is 9.00. The second-order valence-electron chi connectivity index (χ2n) is 3.30. The lowest BCUT2D eigenvalue weighted by molar-refractivity contribution is 0.594. The van der Waals surface area contributed by atoms with Crippen molar-refractivity contribution in [3.05, 3.63) is 23.8 Å². The number of aromatic amines is 1. The topological polar surface area (TPSA) is 88.8 Å². The molecule has 0 aliphatic rings. The van der Waals surface area contributed by atoms with E-state index in [9.17, 15) is 8.42 Å². The molecule has 0 aliphatic carbocycles. The maximum Gasteiger partial charge on any atom is 0.255 e. The van der Waals surface area contributed by atoms with E-state index in [4.69, 9.17) is 5.14 Å². The van der Waals surface area contributed by atoms with Crippen molar-refractivity contribution >= 4 is 20.9 Å². The average Bonchev–Trinajstić information content (AvgIpc) is 2.59. The van der Waals surface area contributed by atoms with Crippen molar-refractivity contribution in [1.29, 1.82) is 0 Å². The number of hydrogen-bond donors (Lipinski definition) is 2. The van der Waals surface area contributed by atoms with Gasteiger partial charge >= 0.3 is 0 Å². The lowest BCUT2D eigenvalue weighted by Crippen LogP contribution is -2.12. The van der Waals surface area contributed by atoms with Gasteiger partial charge in [0, 0.05) is 5.39 Å². The average molecular weight is 225 g/mol. The molecule has 0 saturated carbocycles. The normalized spacial score (nSPS) is 12.1. The van der Waals surface area contributed by atoms with Crippen molar-refractivity contribution in [3.63, 3.8) is 0 Å². The summed E-state index contributed by atoms with van der Waals surface area (Å²) in [7, 11) is -3.73. The van der Waals surface area contributed by atoms with Gasteiger partial charge in [-0.05, 0) is 24.1 Å². The van der Waals surface area contributed by atoms with Crippen LogP contribution in [0.25, 0.3) is 10.9 Å². The molecule has 1 heterocycles. The molecule has 2 aromatic rings. The van der Waals surface area contributed by atoms with Gasteiger partial charge < -0.3 is 0 Å². The molecule has 15 heavy (non-hydrogen) atoms. The molecule has 0 amide bonds. The molecule has 0 spiro atoms. The van der Waals surface area contributed by atoms with Gasteiger partial charge in [0.2, 0.25) is 0 Å². The Kier molecular flexibility index (Phi) is 2.24. The van der Waals surface area contributed by atoms with Crippen LogP contribution in [0.5, 0.6) is 0 Å². The first-order valence-corrected chi connectivity index (χ1v) is 6.07. The third-order valence-corrected chi connectivity index (χ3v) is 3.16. The van der Waals surface area contributed by atoms with E-state index in [1.165, 1.54) is 0 Å². The summed E-state index contributed by atoms with van der Waals surface area (Å²) in [6.45, 7) is 2.00. The summed E-state index contributed by atoms with van der Waals surface area (Å²) < 4.78 is 22.4. The summed E-state index contributed by atoms with van der Waals surface area (Å²) in [5.41, 5.74) is 1.66. The Morgan fingerprint density at radius 2 is 2.20 bits per heavy atom. The predicted molar refractivity (Wildman–Crippen MR) is 56.8 cm³/mol. The second kappa shape index (κ2) is 3.32. The number of H-pyrrole nitrogens is 1. The van der Waals surface area contributed by atoms with Crippen molar-refractivity contribution in [3.8, 4) is 0 Å². The first-order chi connectivity index (χ1) is 7.02. The Bertz CT molecular complexity index is 601. The number of nitrogens with two attached hydrogens (primary N) is 1. The van der Waals surface area contributed by atoms with Gasteiger partial charge in [-0.25, -0.2) is 13.6 Å². The van der Waals surface area contributed by atoms with Gasteiger partial charge in [-0.15, -0.1) is 0 Å². The summed E-state index contributed by atoms with van der Waals surface area (Å²) >= 11 is 0. The molecule has 0 aliphatic heterocycles. The third-order valence-electron chi connectivity index (χ3n) is 2.28. The van der Waals surface area contributed by atoms with Crippen LogP contribution >= 0.6 is 0 Å². The van der Waals surface area contributed by atoms with E-state index in [1.807, 2.05) is 13.0 Å². The van der Waals surface area contributed by atoms with E-state index in [2.05, 4.69) is 10.2 Å². The van der Waals surface area contributed by atoms with Crippen molar-refractivity contribution in [2.75, 3.05) is 0 Å². The number of nitrogens with one attached hydrogen (secondary N) is 1. The SMILES string of the molecule is CCc1ccc2n[nH]c(S(N)(=O)=O)c2c1. The van der Waals surface area contributed by atoms with E-state index >= 15 is 0 Å². The molecule has 1 aromatic heterocycles. The van der Waals surface area contributed by atoms with Crippen molar-refractivity contribution in [2.45, 2.75) is 18.4 Å². The van der Waals surface area contributed by atoms with Crippen LogP contribution in [0.4, 0.5) is 0 Å². The summed E-state index contributed by atoms with van der Waals surface area (Å²) in [4.78, 5) is 0. The van der Waals surface area contributed by atoms with Gasteiger partial charge in [-0.1, -0.05) is 13.0 Å². The molecule has 80 valence electrons. The van der Waals surface area contributed by atoms with Crippen molar-refractivity contribution in [1.82, 2.24) is 10.2 Å². The summed E-state index contributed by atoms with van der Waals surface area (Å²) in [5.74, 6) is 0. The van der Waals surface area contributed by atoms with Crippen LogP contribution in [0.15, 0.2) is 23.2 Å². The first kappa shape index (κ1) is 10.1. The highest BCUT2D eigenvalue weighted by Gasteiger charge is 2.15. The van der Waals surface area contributed by atoms with Gasteiger partial charge in [0.25, 0.3) is 10.0 Å². The number of primary sulfonamides is 1. The minimum Gasteiger partial charge on any atom is -0.265 e. The molecular weight excluding hydrogens is 214 g/mol. The second-order valence-corrected chi connectivity index (χ2v) is 4.80. The van der Waals surface area contributed by atoms with Crippen LogP contribution in [0.2, 0.25) is 0 Å². The molecule has 0 fully saturated rings. The fraction of sp³-hybridized carbons (Fsp3) is 0.222. The highest BCUT2D eigenvalue weighted by molar-refractivity contribution is 7.89. The van der Waals surface area contributed by atoms with E-state index in [-0.39, 0.29) is 5.03 Å². The molecular formula is C9H11N3O2S. The van der Waals surface area contributed by atoms with Crippen LogP contribution in [0.3, 0.4) is 0 Å². The monoisotopic (exact) mass is 225 g/mol. The summed E-state index contributed by atoms with van der Waals surface area (Å²) in [6, 6.07) is 5.48. The number of benzene rings is 1. The summed E-state index contributed by atoms with van der Waals surface area (Å²) in [6.07, 6.45) is 0.838. The van der Waals surface area contributed by atoms with Crippen molar-refractivity contribution in [2.24, 2.45) is 5.14 Å². The maximum absolute atomic E-state index is 11.2. The Hall–Kier alpha value is -1.40. The number of nitrogens with zero attached hydrogens (tertiary/aromatic N) is 1. The number of aryl methyl sites for hydroxylation is 1. The fourth-order valence-corrected chi connectivity index (χ4v) is 2.11. The molecule has 5 nitrogen and oxygen atoms in total. The van der Waals surface area contributed by atoms with Crippen LogP contribution in [-0.2, 0) is 16.4 Å². The highest BCUT2D eigenvalue weighted by atomic mass is 32.2. The standard InChI is InChI=1S/C9H11N3O2S/c1-2-6-3-4-8-7(5-6)9(12-11-8)15(10,13)14/h3-5H,2H2,1H3,(H,11,12)(H2,10,13,14). The molecule has 2 rings (SSSR count). The highest BCUT2D eigenvalue weighted by Crippen LogP contribution is 2.20. The number of sulfonamides is 1. The first-order valence-electron chi connectivity index (χ1n) is 4.52. The molecule has 0 bridgehead atoms. The third kappa shape index (κ3) is 1.73. The minimum absolute atomic E-state index is 0.0206. The van der Waals surface area contributed by atoms with Crippen molar-refractivity contribution < 1.29 is 8.42 Å². The van der Waals surface area contributed by atoms with Gasteiger partial charge in [-0.3, -0.25) is 5.10 Å². The molecule has 0 unspecified atom stereocenters. The molecule has 6 heteroatoms. The van der Waals surface area contributed by atoms with Crippen LogP contribution < -0.4 is 5.14 Å². The Labute approximate surface area is 87.3 Å². The Morgan fingerprint density at radius 3 is 2.80 bits per heavy atom. The molecule has 0 saturated heterocycles. The molecule has 1 aromatic carbocycles. The molecule has 0 atom stereocenters. The molecule has 0 radical (unpaired) electrons. The van der Waals surface area contributed by atoms with E-state index < -0.39 is 10.0 Å². The maximum atomic E-state index is 11.2. The Morgan fingerprint density at radius 1 is 1.47 bits per heavy atom. The van der Waals surface area contributed by atoms with E-state index in [0.717, 1.165) is 12.0 Å². The number of fused-ring (bicyclic) bond motifs is 1. The van der Waals surface area contributed by atoms with Crippen LogP contribution in [-0.4, -0.2) is 18.6 Å². The van der Waals surface area contributed by atoms with Gasteiger partial charge in [-0.2, -0.15) is 5.10 Å². The van der Waals surface area contributed by atoms with E-state index in [1.54, 1.807) is 12.1 Å². The minimum atomic E-state index is -3.73. The van der Waals surface area contributed by atoms with Gasteiger partial charge in [0.1, 0.15) is 0 Å². The van der Waals surface area contributed by atoms with Crippen LogP contribution in [0, 0.1) is 0 Å². The molecule has 3 N–H and O–H groups in total. The quantitative estimate of drug-likeness (QED) is 0.791. The lowest BCUT2D eigenvalue weighted by Gasteiger charge is -1.97. The number of aromatic nitrogens is 2. The zero-order valence-electron chi connectivity index (χ0n) is 8.19. The fourth-order valence-electron chi connectivity index (χ4n) is 1.47. The number of hydrogen-bond acceptors (Lipinski definition) is 3. The largest absolute Gasteiger partial charge is 0.265 e. The lowest BCUT2D eigenvalue weighted by atomic mass is 10.1. The zero-order chi connectivity index (χ0) is 11.1. The Balaban J connectivity index is 2.78. The predicted octanol–water partition coefficient (Wildman–Crippen LogP) is 0.773.